The normalized spacial score (nSPS) is 31.1. The summed E-state index contributed by atoms with van der Waals surface area (Å²) in [7, 11) is 0. The van der Waals surface area contributed by atoms with Crippen molar-refractivity contribution in [2.75, 3.05) is 39.5 Å². The molecule has 2 fully saturated rings. The fourth-order valence-electron chi connectivity index (χ4n) is 2.55. The van der Waals surface area contributed by atoms with E-state index in [0.717, 1.165) is 6.54 Å². The van der Waals surface area contributed by atoms with Crippen molar-refractivity contribution in [2.45, 2.75) is 19.1 Å². The van der Waals surface area contributed by atoms with Crippen LogP contribution in [0.5, 0.6) is 0 Å². The molecule has 3 unspecified atom stereocenters. The Morgan fingerprint density at radius 3 is 2.79 bits per heavy atom. The average molecular weight is 272 g/mol. The largest absolute Gasteiger partial charge is 0.481 e. The Kier molecular flexibility index (Phi) is 4.73. The Bertz CT molecular complexity index is 343. The van der Waals surface area contributed by atoms with Crippen molar-refractivity contribution in [1.29, 1.82) is 0 Å². The Balaban J connectivity index is 2.05. The van der Waals surface area contributed by atoms with Gasteiger partial charge in [-0.2, -0.15) is 0 Å². The summed E-state index contributed by atoms with van der Waals surface area (Å²) in [4.78, 5) is 25.1. The van der Waals surface area contributed by atoms with Crippen LogP contribution in [-0.4, -0.2) is 73.5 Å². The molecular weight excluding hydrogens is 252 g/mol. The number of hydrogen-bond donors (Lipinski definition) is 2. The van der Waals surface area contributed by atoms with Crippen molar-refractivity contribution in [1.82, 2.24) is 10.2 Å². The number of carbonyl (C=O) groups is 2. The van der Waals surface area contributed by atoms with E-state index in [9.17, 15) is 9.59 Å². The maximum absolute atomic E-state index is 12.4. The number of hydrogen-bond acceptors (Lipinski definition) is 5. The number of carboxylic acid groups (broad SMARTS) is 1. The van der Waals surface area contributed by atoms with Gasteiger partial charge in [0.05, 0.1) is 25.9 Å². The van der Waals surface area contributed by atoms with Crippen LogP contribution in [0.1, 0.15) is 6.92 Å². The van der Waals surface area contributed by atoms with Crippen molar-refractivity contribution in [3.05, 3.63) is 0 Å². The highest BCUT2D eigenvalue weighted by Gasteiger charge is 2.41. The van der Waals surface area contributed by atoms with E-state index in [1.807, 2.05) is 6.92 Å². The molecule has 2 N–H and O–H groups in total. The summed E-state index contributed by atoms with van der Waals surface area (Å²) < 4.78 is 10.7. The Morgan fingerprint density at radius 2 is 2.21 bits per heavy atom. The van der Waals surface area contributed by atoms with Gasteiger partial charge in [-0.3, -0.25) is 9.59 Å². The van der Waals surface area contributed by atoms with Crippen molar-refractivity contribution in [2.24, 2.45) is 5.92 Å². The SMILES string of the molecule is CCN(C(=O)C1CNCCO1)C1COCC1C(=O)O. The lowest BCUT2D eigenvalue weighted by Crippen LogP contribution is -2.54. The molecule has 0 aromatic rings. The number of nitrogens with zero attached hydrogens (tertiary/aromatic N) is 1. The first-order chi connectivity index (χ1) is 9.15. The Morgan fingerprint density at radius 1 is 1.42 bits per heavy atom. The monoisotopic (exact) mass is 272 g/mol. The highest BCUT2D eigenvalue weighted by atomic mass is 16.5. The predicted molar refractivity (Wildman–Crippen MR) is 65.7 cm³/mol. The van der Waals surface area contributed by atoms with E-state index >= 15 is 0 Å². The van der Waals surface area contributed by atoms with Gasteiger partial charge in [0.1, 0.15) is 12.0 Å². The minimum absolute atomic E-state index is 0.156. The molecular formula is C12H20N2O5. The van der Waals surface area contributed by atoms with Crippen LogP contribution in [0.2, 0.25) is 0 Å². The third kappa shape index (κ3) is 3.05. The van der Waals surface area contributed by atoms with Crippen LogP contribution >= 0.6 is 0 Å². The molecule has 2 aliphatic rings. The van der Waals surface area contributed by atoms with E-state index in [2.05, 4.69) is 5.32 Å². The Labute approximate surface area is 111 Å². The van der Waals surface area contributed by atoms with Crippen LogP contribution in [0.15, 0.2) is 0 Å². The van der Waals surface area contributed by atoms with Crippen LogP contribution < -0.4 is 5.32 Å². The highest BCUT2D eigenvalue weighted by Crippen LogP contribution is 2.21. The Hall–Kier alpha value is -1.18. The second kappa shape index (κ2) is 6.31. The fraction of sp³-hybridized carbons (Fsp3) is 0.833. The van der Waals surface area contributed by atoms with Crippen LogP contribution in [0.3, 0.4) is 0 Å². The zero-order valence-electron chi connectivity index (χ0n) is 11.0. The van der Waals surface area contributed by atoms with Crippen LogP contribution in [0, 0.1) is 5.92 Å². The molecule has 2 aliphatic heterocycles. The van der Waals surface area contributed by atoms with Gasteiger partial charge in [0.15, 0.2) is 0 Å². The molecule has 0 radical (unpaired) electrons. The van der Waals surface area contributed by atoms with Crippen molar-refractivity contribution >= 4 is 11.9 Å². The van der Waals surface area contributed by atoms with Gasteiger partial charge in [-0.1, -0.05) is 0 Å². The van der Waals surface area contributed by atoms with Gasteiger partial charge in [-0.05, 0) is 6.92 Å². The zero-order valence-corrected chi connectivity index (χ0v) is 11.0. The predicted octanol–water partition coefficient (Wildman–Crippen LogP) is -1.08. The van der Waals surface area contributed by atoms with E-state index in [1.165, 1.54) is 0 Å². The molecule has 0 bridgehead atoms. The number of nitrogens with one attached hydrogen (secondary N) is 1. The van der Waals surface area contributed by atoms with Gasteiger partial charge in [0, 0.05) is 19.6 Å². The third-order valence-electron chi connectivity index (χ3n) is 3.59. The van der Waals surface area contributed by atoms with Gasteiger partial charge in [-0.25, -0.2) is 0 Å². The maximum atomic E-state index is 12.4. The van der Waals surface area contributed by atoms with Gasteiger partial charge < -0.3 is 24.8 Å². The second-order valence-corrected chi connectivity index (χ2v) is 4.74. The molecule has 7 nitrogen and oxygen atoms in total. The molecule has 2 heterocycles. The van der Waals surface area contributed by atoms with E-state index in [1.54, 1.807) is 4.90 Å². The number of morpholine rings is 1. The van der Waals surface area contributed by atoms with Crippen LogP contribution in [-0.2, 0) is 19.1 Å². The number of carbonyl (C=O) groups excluding carboxylic acids is 1. The quantitative estimate of drug-likeness (QED) is 0.677. The van der Waals surface area contributed by atoms with E-state index in [0.29, 0.717) is 19.7 Å². The molecule has 1 amide bonds. The van der Waals surface area contributed by atoms with Gasteiger partial charge in [-0.15, -0.1) is 0 Å². The average Bonchev–Trinajstić information content (AvgIpc) is 2.90. The van der Waals surface area contributed by atoms with Gasteiger partial charge in [0.2, 0.25) is 0 Å². The number of likely N-dealkylation sites (N-methyl/N-ethyl adjacent to an activating group) is 1. The maximum Gasteiger partial charge on any atom is 0.311 e. The molecule has 0 saturated carbocycles. The summed E-state index contributed by atoms with van der Waals surface area (Å²) in [6.07, 6.45) is -0.524. The third-order valence-corrected chi connectivity index (χ3v) is 3.59. The minimum Gasteiger partial charge on any atom is -0.481 e. The van der Waals surface area contributed by atoms with E-state index in [-0.39, 0.29) is 19.1 Å². The summed E-state index contributed by atoms with van der Waals surface area (Å²) in [6, 6.07) is -0.402. The highest BCUT2D eigenvalue weighted by molar-refractivity contribution is 5.82. The number of aliphatic carboxylic acids is 1. The molecule has 108 valence electrons. The number of amides is 1. The molecule has 0 aliphatic carbocycles. The molecule has 0 spiro atoms. The number of carboxylic acids is 1. The second-order valence-electron chi connectivity index (χ2n) is 4.74. The first kappa shape index (κ1) is 14.2. The standard InChI is InChI=1S/C12H20N2O5/c1-2-14(9-7-18-6-8(9)12(16)17)11(15)10-5-13-3-4-19-10/h8-10,13H,2-7H2,1H3,(H,16,17). The molecule has 19 heavy (non-hydrogen) atoms. The zero-order chi connectivity index (χ0) is 13.8. The van der Waals surface area contributed by atoms with Gasteiger partial charge in [0.25, 0.3) is 5.91 Å². The van der Waals surface area contributed by atoms with Crippen molar-refractivity contribution in [3.63, 3.8) is 0 Å². The lowest BCUT2D eigenvalue weighted by atomic mass is 10.0. The molecule has 3 atom stereocenters. The van der Waals surface area contributed by atoms with Crippen LogP contribution in [0.4, 0.5) is 0 Å². The van der Waals surface area contributed by atoms with E-state index < -0.39 is 24.0 Å². The van der Waals surface area contributed by atoms with E-state index in [4.69, 9.17) is 14.6 Å². The molecule has 0 aromatic carbocycles. The number of rotatable bonds is 4. The summed E-state index contributed by atoms with van der Waals surface area (Å²) in [5.41, 5.74) is 0. The summed E-state index contributed by atoms with van der Waals surface area (Å²) >= 11 is 0. The lowest BCUT2D eigenvalue weighted by Gasteiger charge is -2.33. The first-order valence-corrected chi connectivity index (χ1v) is 6.58. The van der Waals surface area contributed by atoms with Crippen molar-refractivity contribution < 1.29 is 24.2 Å². The first-order valence-electron chi connectivity index (χ1n) is 6.58. The lowest BCUT2D eigenvalue weighted by molar-refractivity contribution is -0.151. The topological polar surface area (TPSA) is 88.1 Å². The molecule has 7 heteroatoms. The van der Waals surface area contributed by atoms with Crippen LogP contribution in [0.25, 0.3) is 0 Å². The fourth-order valence-corrected chi connectivity index (χ4v) is 2.55. The summed E-state index contributed by atoms with van der Waals surface area (Å²) in [5, 5.41) is 12.3. The molecule has 2 rings (SSSR count). The molecule has 2 saturated heterocycles. The number of ether oxygens (including phenoxy) is 2. The summed E-state index contributed by atoms with van der Waals surface area (Å²) in [6.45, 7) is 4.43. The van der Waals surface area contributed by atoms with Crippen molar-refractivity contribution in [3.8, 4) is 0 Å². The smallest absolute Gasteiger partial charge is 0.311 e. The molecule has 0 aromatic heterocycles. The summed E-state index contributed by atoms with van der Waals surface area (Å²) in [5.74, 6) is -1.73. The minimum atomic E-state index is -0.920. The van der Waals surface area contributed by atoms with Gasteiger partial charge >= 0.3 is 5.97 Å².